The second-order valence-corrected chi connectivity index (χ2v) is 9.95. The Balaban J connectivity index is 1.27. The molecule has 0 atom stereocenters. The van der Waals surface area contributed by atoms with Gasteiger partial charge in [0.15, 0.2) is 0 Å². The van der Waals surface area contributed by atoms with Crippen LogP contribution in [0.25, 0.3) is 0 Å². The first-order chi connectivity index (χ1) is 17.5. The number of guanidine groups is 1. The van der Waals surface area contributed by atoms with Gasteiger partial charge < -0.3 is 20.3 Å². The number of benzene rings is 2. The predicted molar refractivity (Wildman–Crippen MR) is 147 cm³/mol. The molecule has 0 aromatic heterocycles. The summed E-state index contributed by atoms with van der Waals surface area (Å²) in [5.41, 5.74) is 2.98. The van der Waals surface area contributed by atoms with Gasteiger partial charge in [-0.05, 0) is 73.9 Å². The van der Waals surface area contributed by atoms with E-state index < -0.39 is 0 Å². The van der Waals surface area contributed by atoms with Crippen LogP contribution in [0, 0.1) is 5.92 Å². The van der Waals surface area contributed by atoms with Gasteiger partial charge in [0.1, 0.15) is 11.6 Å². The Morgan fingerprint density at radius 2 is 1.86 bits per heavy atom. The van der Waals surface area contributed by atoms with Crippen molar-refractivity contribution in [1.82, 2.24) is 10.2 Å². The minimum atomic E-state index is -0.0238. The number of nitrogens with one attached hydrogen (secondary N) is 2. The van der Waals surface area contributed by atoms with E-state index in [2.05, 4.69) is 40.7 Å². The maximum Gasteiger partial charge on any atom is 0.251 e. The second kappa shape index (κ2) is 12.6. The van der Waals surface area contributed by atoms with Crippen LogP contribution in [0.5, 0.6) is 5.75 Å². The monoisotopic (exact) mass is 489 g/mol. The molecule has 0 spiro atoms. The number of aliphatic imine (C=N–C) groups is 2. The van der Waals surface area contributed by atoms with Crippen LogP contribution in [-0.4, -0.2) is 55.9 Å². The van der Waals surface area contributed by atoms with Gasteiger partial charge in [-0.3, -0.25) is 4.79 Å². The zero-order chi connectivity index (χ0) is 25.3. The average molecular weight is 490 g/mol. The van der Waals surface area contributed by atoms with E-state index in [9.17, 15) is 4.79 Å². The van der Waals surface area contributed by atoms with E-state index in [4.69, 9.17) is 14.7 Å². The van der Waals surface area contributed by atoms with E-state index in [-0.39, 0.29) is 11.9 Å². The highest BCUT2D eigenvalue weighted by Gasteiger charge is 2.23. The number of anilines is 1. The minimum absolute atomic E-state index is 0.0238. The van der Waals surface area contributed by atoms with Crippen LogP contribution in [-0.2, 0) is 6.42 Å². The number of unbranched alkanes of at least 4 members (excludes halogenated alkanes) is 1. The van der Waals surface area contributed by atoms with Crippen molar-refractivity contribution in [2.45, 2.75) is 57.9 Å². The summed E-state index contributed by atoms with van der Waals surface area (Å²) in [4.78, 5) is 24.5. The second-order valence-electron chi connectivity index (χ2n) is 9.95. The first kappa shape index (κ1) is 25.7. The molecule has 36 heavy (non-hydrogen) atoms. The van der Waals surface area contributed by atoms with Crippen LogP contribution in [0.2, 0.25) is 0 Å². The van der Waals surface area contributed by atoms with Crippen molar-refractivity contribution in [3.8, 4) is 5.75 Å². The Labute approximate surface area is 215 Å². The fourth-order valence-corrected chi connectivity index (χ4v) is 4.62. The Morgan fingerprint density at radius 1 is 1.11 bits per heavy atom. The van der Waals surface area contributed by atoms with E-state index in [1.165, 1.54) is 5.56 Å². The molecule has 1 aliphatic heterocycles. The number of rotatable bonds is 8. The van der Waals surface area contributed by atoms with Crippen LogP contribution in [0.1, 0.15) is 61.4 Å². The summed E-state index contributed by atoms with van der Waals surface area (Å²) < 4.78 is 5.69. The molecule has 1 amide bonds. The van der Waals surface area contributed by atoms with E-state index >= 15 is 0 Å². The lowest BCUT2D eigenvalue weighted by atomic mass is 9.86. The topological polar surface area (TPSA) is 78.3 Å². The van der Waals surface area contributed by atoms with Gasteiger partial charge >= 0.3 is 0 Å². The number of fused-ring (bicyclic) bond motifs is 1. The van der Waals surface area contributed by atoms with Crippen molar-refractivity contribution in [1.29, 1.82) is 0 Å². The van der Waals surface area contributed by atoms with E-state index in [0.29, 0.717) is 30.6 Å². The van der Waals surface area contributed by atoms with Crippen molar-refractivity contribution in [3.05, 3.63) is 59.7 Å². The average Bonchev–Trinajstić information content (AvgIpc) is 3.08. The van der Waals surface area contributed by atoms with Gasteiger partial charge in [-0.15, -0.1) is 0 Å². The summed E-state index contributed by atoms with van der Waals surface area (Å²) in [5, 5.41) is 6.57. The number of ether oxygens (including phenoxy) is 1. The van der Waals surface area contributed by atoms with Gasteiger partial charge in [0.2, 0.25) is 5.96 Å². The van der Waals surface area contributed by atoms with Gasteiger partial charge in [0, 0.05) is 38.3 Å². The number of nitrogens with zero attached hydrogens (tertiary/aromatic N) is 3. The molecule has 0 saturated heterocycles. The SMILES string of the molecule is CCCCOc1ccc(C(=O)NCC2CCC(N=C3N=C(N(C)C)Cc4ccccc4N3)CC2)cc1. The van der Waals surface area contributed by atoms with Crippen molar-refractivity contribution < 1.29 is 9.53 Å². The number of amidine groups is 1. The van der Waals surface area contributed by atoms with Crippen LogP contribution in [0.4, 0.5) is 5.69 Å². The summed E-state index contributed by atoms with van der Waals surface area (Å²) in [6.07, 6.45) is 7.03. The standard InChI is InChI=1S/C29H39N5O2/c1-4-5-18-36-25-16-12-22(13-17-25)28(35)30-20-21-10-14-24(15-11-21)31-29-32-26-9-7-6-8-23(26)19-27(33-29)34(2)3/h6-9,12-13,16-17,21,24H,4-5,10-11,14-15,18-20H2,1-3H3,(H,30,35)(H,31,32). The molecule has 2 aliphatic rings. The molecule has 0 radical (unpaired) electrons. The smallest absolute Gasteiger partial charge is 0.251 e. The lowest BCUT2D eigenvalue weighted by Gasteiger charge is -2.26. The Hall–Kier alpha value is -3.35. The Bertz CT molecular complexity index is 1070. The van der Waals surface area contributed by atoms with Crippen LogP contribution in [0.3, 0.4) is 0 Å². The summed E-state index contributed by atoms with van der Waals surface area (Å²) >= 11 is 0. The highest BCUT2D eigenvalue weighted by Crippen LogP contribution is 2.27. The van der Waals surface area contributed by atoms with Gasteiger partial charge in [-0.25, -0.2) is 4.99 Å². The molecule has 4 rings (SSSR count). The summed E-state index contributed by atoms with van der Waals surface area (Å²) in [5.74, 6) is 2.97. The molecule has 0 bridgehead atoms. The number of hydrogen-bond acceptors (Lipinski definition) is 4. The minimum Gasteiger partial charge on any atom is -0.494 e. The van der Waals surface area contributed by atoms with Crippen LogP contribution in [0.15, 0.2) is 58.5 Å². The van der Waals surface area contributed by atoms with E-state index in [1.54, 1.807) is 0 Å². The fourth-order valence-electron chi connectivity index (χ4n) is 4.62. The molecule has 1 aliphatic carbocycles. The third-order valence-electron chi connectivity index (χ3n) is 6.92. The molecule has 7 heteroatoms. The van der Waals surface area contributed by atoms with E-state index in [0.717, 1.165) is 62.2 Å². The summed E-state index contributed by atoms with van der Waals surface area (Å²) in [6, 6.07) is 16.0. The molecule has 7 nitrogen and oxygen atoms in total. The lowest BCUT2D eigenvalue weighted by Crippen LogP contribution is -2.32. The molecular formula is C29H39N5O2. The van der Waals surface area contributed by atoms with Gasteiger partial charge in [-0.1, -0.05) is 31.5 Å². The zero-order valence-corrected chi connectivity index (χ0v) is 21.8. The van der Waals surface area contributed by atoms with Crippen molar-refractivity contribution in [3.63, 3.8) is 0 Å². The van der Waals surface area contributed by atoms with Crippen LogP contribution < -0.4 is 15.4 Å². The normalized spacial score (nSPS) is 20.5. The molecule has 0 unspecified atom stereocenters. The first-order valence-corrected chi connectivity index (χ1v) is 13.2. The highest BCUT2D eigenvalue weighted by molar-refractivity contribution is 6.06. The number of para-hydroxylation sites is 1. The third kappa shape index (κ3) is 7.09. The quantitative estimate of drug-likeness (QED) is 0.504. The van der Waals surface area contributed by atoms with E-state index in [1.807, 2.05) is 44.4 Å². The lowest BCUT2D eigenvalue weighted by molar-refractivity contribution is 0.0943. The molecule has 1 heterocycles. The number of amides is 1. The first-order valence-electron chi connectivity index (χ1n) is 13.2. The number of carbonyl (C=O) groups is 1. The Morgan fingerprint density at radius 3 is 2.58 bits per heavy atom. The number of hydrogen-bond donors (Lipinski definition) is 2. The van der Waals surface area contributed by atoms with Gasteiger partial charge in [-0.2, -0.15) is 4.99 Å². The predicted octanol–water partition coefficient (Wildman–Crippen LogP) is 5.14. The zero-order valence-electron chi connectivity index (χ0n) is 21.8. The molecule has 1 fully saturated rings. The number of carbonyl (C=O) groups excluding carboxylic acids is 1. The summed E-state index contributed by atoms with van der Waals surface area (Å²) in [6.45, 7) is 3.55. The maximum absolute atomic E-state index is 12.6. The molecule has 192 valence electrons. The van der Waals surface area contributed by atoms with Crippen molar-refractivity contribution >= 4 is 23.4 Å². The fraction of sp³-hybridized carbons (Fsp3) is 0.483. The molecule has 2 aromatic rings. The third-order valence-corrected chi connectivity index (χ3v) is 6.92. The molecule has 2 N–H and O–H groups in total. The molecule has 2 aromatic carbocycles. The highest BCUT2D eigenvalue weighted by atomic mass is 16.5. The molecule has 1 saturated carbocycles. The Kier molecular flexibility index (Phi) is 8.98. The van der Waals surface area contributed by atoms with Crippen molar-refractivity contribution in [2.75, 3.05) is 32.6 Å². The van der Waals surface area contributed by atoms with Crippen molar-refractivity contribution in [2.24, 2.45) is 15.9 Å². The summed E-state index contributed by atoms with van der Waals surface area (Å²) in [7, 11) is 4.05. The number of likely N-dealkylation sites (N-methyl/N-ethyl adjacent to an activating group) is 1. The molecular weight excluding hydrogens is 450 g/mol. The van der Waals surface area contributed by atoms with Gasteiger partial charge in [0.05, 0.1) is 12.6 Å². The largest absolute Gasteiger partial charge is 0.494 e. The maximum atomic E-state index is 12.6. The van der Waals surface area contributed by atoms with Crippen LogP contribution >= 0.6 is 0 Å². The van der Waals surface area contributed by atoms with Gasteiger partial charge in [0.25, 0.3) is 5.91 Å².